The van der Waals surface area contributed by atoms with E-state index in [1.807, 2.05) is 0 Å². The predicted molar refractivity (Wildman–Crippen MR) is 73.6 cm³/mol. The third-order valence-electron chi connectivity index (χ3n) is 3.29. The Morgan fingerprint density at radius 1 is 1.22 bits per heavy atom. The molecule has 0 bridgehead atoms. The van der Waals surface area contributed by atoms with Crippen LogP contribution in [-0.4, -0.2) is 18.0 Å². The molecule has 0 spiro atoms. The summed E-state index contributed by atoms with van der Waals surface area (Å²) in [6.45, 7) is 0. The maximum atomic E-state index is 12.0. The number of hydrogen-bond acceptors (Lipinski definition) is 3. The second kappa shape index (κ2) is 5.59. The molecule has 4 nitrogen and oxygen atoms in total. The van der Waals surface area contributed by atoms with Gasteiger partial charge in [0.15, 0.2) is 0 Å². The monoisotopic (exact) mass is 267 g/mol. The zero-order chi connectivity index (χ0) is 13.1. The van der Waals surface area contributed by atoms with Crippen molar-refractivity contribution < 1.29 is 4.79 Å². The van der Waals surface area contributed by atoms with Crippen molar-refractivity contribution in [3.05, 3.63) is 28.8 Å². The van der Waals surface area contributed by atoms with Crippen LogP contribution in [0.1, 0.15) is 36.0 Å². The first kappa shape index (κ1) is 13.2. The van der Waals surface area contributed by atoms with E-state index in [1.54, 1.807) is 18.2 Å². The second-order valence-corrected chi connectivity index (χ2v) is 5.29. The molecule has 1 saturated carbocycles. The van der Waals surface area contributed by atoms with E-state index < -0.39 is 0 Å². The highest BCUT2D eigenvalue weighted by atomic mass is 35.5. The zero-order valence-electron chi connectivity index (χ0n) is 10.2. The van der Waals surface area contributed by atoms with E-state index in [0.29, 0.717) is 16.3 Å². The van der Waals surface area contributed by atoms with Crippen LogP contribution < -0.4 is 16.8 Å². The normalized spacial score (nSPS) is 23.7. The summed E-state index contributed by atoms with van der Waals surface area (Å²) in [5.41, 5.74) is 12.5. The molecule has 0 saturated heterocycles. The number of hydrogen-bond donors (Lipinski definition) is 3. The number of nitrogens with two attached hydrogens (primary N) is 2. The van der Waals surface area contributed by atoms with Gasteiger partial charge in [0.25, 0.3) is 5.91 Å². The summed E-state index contributed by atoms with van der Waals surface area (Å²) in [7, 11) is 0. The van der Waals surface area contributed by atoms with Gasteiger partial charge in [-0.3, -0.25) is 4.79 Å². The molecule has 18 heavy (non-hydrogen) atoms. The second-order valence-electron chi connectivity index (χ2n) is 4.86. The topological polar surface area (TPSA) is 81.1 Å². The lowest BCUT2D eigenvalue weighted by Crippen LogP contribution is -2.40. The minimum atomic E-state index is -0.121. The average molecular weight is 268 g/mol. The Balaban J connectivity index is 1.99. The number of amides is 1. The third kappa shape index (κ3) is 3.37. The van der Waals surface area contributed by atoms with Crippen molar-refractivity contribution in [1.82, 2.24) is 5.32 Å². The van der Waals surface area contributed by atoms with E-state index in [9.17, 15) is 4.79 Å². The summed E-state index contributed by atoms with van der Waals surface area (Å²) >= 11 is 5.88. The van der Waals surface area contributed by atoms with Gasteiger partial charge in [0.05, 0.1) is 0 Å². The minimum Gasteiger partial charge on any atom is -0.399 e. The SMILES string of the molecule is Nc1cc(Cl)cc(C(=O)NC2CCC(N)CC2)c1. The molecular weight excluding hydrogens is 250 g/mol. The average Bonchev–Trinajstić information content (AvgIpc) is 2.31. The van der Waals surface area contributed by atoms with Crippen molar-refractivity contribution in [2.45, 2.75) is 37.8 Å². The molecular formula is C13H18ClN3O. The smallest absolute Gasteiger partial charge is 0.251 e. The van der Waals surface area contributed by atoms with Crippen LogP contribution in [0.15, 0.2) is 18.2 Å². The highest BCUT2D eigenvalue weighted by Gasteiger charge is 2.20. The maximum absolute atomic E-state index is 12.0. The molecule has 2 rings (SSSR count). The first-order valence-electron chi connectivity index (χ1n) is 6.17. The Morgan fingerprint density at radius 3 is 2.50 bits per heavy atom. The Labute approximate surface area is 112 Å². The van der Waals surface area contributed by atoms with E-state index in [-0.39, 0.29) is 18.0 Å². The van der Waals surface area contributed by atoms with Crippen molar-refractivity contribution in [3.8, 4) is 0 Å². The minimum absolute atomic E-state index is 0.121. The highest BCUT2D eigenvalue weighted by Crippen LogP contribution is 2.19. The van der Waals surface area contributed by atoms with E-state index in [0.717, 1.165) is 25.7 Å². The van der Waals surface area contributed by atoms with Crippen LogP contribution in [-0.2, 0) is 0 Å². The number of rotatable bonds is 2. The van der Waals surface area contributed by atoms with Crippen molar-refractivity contribution in [2.75, 3.05) is 5.73 Å². The van der Waals surface area contributed by atoms with Crippen LogP contribution in [0.4, 0.5) is 5.69 Å². The van der Waals surface area contributed by atoms with Gasteiger partial charge in [-0.15, -0.1) is 0 Å². The van der Waals surface area contributed by atoms with Gasteiger partial charge in [0.1, 0.15) is 0 Å². The number of benzene rings is 1. The molecule has 1 aromatic carbocycles. The highest BCUT2D eigenvalue weighted by molar-refractivity contribution is 6.31. The molecule has 0 unspecified atom stereocenters. The van der Waals surface area contributed by atoms with Gasteiger partial charge < -0.3 is 16.8 Å². The van der Waals surface area contributed by atoms with Gasteiger partial charge >= 0.3 is 0 Å². The first-order chi connectivity index (χ1) is 8.54. The molecule has 1 aliphatic carbocycles. The van der Waals surface area contributed by atoms with Gasteiger partial charge in [-0.05, 0) is 43.9 Å². The Kier molecular flexibility index (Phi) is 4.09. The van der Waals surface area contributed by atoms with Crippen molar-refractivity contribution >= 4 is 23.2 Å². The maximum Gasteiger partial charge on any atom is 0.251 e. The number of nitrogens with one attached hydrogen (secondary N) is 1. The molecule has 5 N–H and O–H groups in total. The standard InChI is InChI=1S/C13H18ClN3O/c14-9-5-8(6-11(16)7-9)13(18)17-12-3-1-10(15)2-4-12/h5-7,10,12H,1-4,15-16H2,(H,17,18). The summed E-state index contributed by atoms with van der Waals surface area (Å²) in [5, 5.41) is 3.48. The van der Waals surface area contributed by atoms with Crippen LogP contribution in [0, 0.1) is 0 Å². The van der Waals surface area contributed by atoms with Gasteiger partial charge in [-0.2, -0.15) is 0 Å². The van der Waals surface area contributed by atoms with E-state index in [2.05, 4.69) is 5.32 Å². The molecule has 0 aliphatic heterocycles. The summed E-state index contributed by atoms with van der Waals surface area (Å²) < 4.78 is 0. The number of nitrogen functional groups attached to an aromatic ring is 1. The quantitative estimate of drug-likeness (QED) is 0.716. The molecule has 1 amide bonds. The molecule has 0 heterocycles. The molecule has 0 radical (unpaired) electrons. The van der Waals surface area contributed by atoms with Crippen molar-refractivity contribution in [2.24, 2.45) is 5.73 Å². The fraction of sp³-hybridized carbons (Fsp3) is 0.462. The molecule has 0 aromatic heterocycles. The van der Waals surface area contributed by atoms with Crippen LogP contribution >= 0.6 is 11.6 Å². The van der Waals surface area contributed by atoms with Crippen LogP contribution in [0.25, 0.3) is 0 Å². The lowest BCUT2D eigenvalue weighted by atomic mass is 9.91. The number of anilines is 1. The lowest BCUT2D eigenvalue weighted by molar-refractivity contribution is 0.0926. The van der Waals surface area contributed by atoms with Crippen LogP contribution in [0.3, 0.4) is 0 Å². The van der Waals surface area contributed by atoms with Crippen molar-refractivity contribution in [1.29, 1.82) is 0 Å². The molecule has 5 heteroatoms. The molecule has 1 aliphatic rings. The van der Waals surface area contributed by atoms with Crippen molar-refractivity contribution in [3.63, 3.8) is 0 Å². The van der Waals surface area contributed by atoms with Gasteiger partial charge in [0, 0.05) is 28.4 Å². The summed E-state index contributed by atoms with van der Waals surface area (Å²) in [6, 6.07) is 5.37. The lowest BCUT2D eigenvalue weighted by Gasteiger charge is -2.26. The van der Waals surface area contributed by atoms with Gasteiger partial charge in [0.2, 0.25) is 0 Å². The molecule has 1 fully saturated rings. The fourth-order valence-electron chi connectivity index (χ4n) is 2.28. The summed E-state index contributed by atoms with van der Waals surface area (Å²) in [5.74, 6) is -0.121. The van der Waals surface area contributed by atoms with E-state index >= 15 is 0 Å². The van der Waals surface area contributed by atoms with E-state index in [4.69, 9.17) is 23.1 Å². The van der Waals surface area contributed by atoms with E-state index in [1.165, 1.54) is 0 Å². The third-order valence-corrected chi connectivity index (χ3v) is 3.51. The van der Waals surface area contributed by atoms with Crippen LogP contribution in [0.2, 0.25) is 5.02 Å². The Bertz CT molecular complexity index is 422. The largest absolute Gasteiger partial charge is 0.399 e. The Hall–Kier alpha value is -1.26. The summed E-state index contributed by atoms with van der Waals surface area (Å²) in [6.07, 6.45) is 3.79. The number of carbonyl (C=O) groups excluding carboxylic acids is 1. The van der Waals surface area contributed by atoms with Gasteiger partial charge in [-0.25, -0.2) is 0 Å². The predicted octanol–water partition coefficient (Wildman–Crippen LogP) is 1.92. The number of carbonyl (C=O) groups is 1. The zero-order valence-corrected chi connectivity index (χ0v) is 10.9. The number of halogens is 1. The molecule has 98 valence electrons. The summed E-state index contributed by atoms with van der Waals surface area (Å²) in [4.78, 5) is 12.0. The van der Waals surface area contributed by atoms with Crippen LogP contribution in [0.5, 0.6) is 0 Å². The molecule has 1 aromatic rings. The fourth-order valence-corrected chi connectivity index (χ4v) is 2.52. The van der Waals surface area contributed by atoms with Gasteiger partial charge in [-0.1, -0.05) is 11.6 Å². The first-order valence-corrected chi connectivity index (χ1v) is 6.55. The Morgan fingerprint density at radius 2 is 1.89 bits per heavy atom. The molecule has 0 atom stereocenters.